The van der Waals surface area contributed by atoms with Crippen LogP contribution in [0.4, 0.5) is 5.69 Å². The standard InChI is InChI=1S/C21H22N2O3/c1-15(2)21(26)22-14-6-9-19(24)23-18-12-10-17(11-13-18)20(25)16-7-4-3-5-8-16/h3-5,7-8,10-13H,1,6,9,14H2,2H3,(H,22,26)(H,23,24). The Balaban J connectivity index is 1.81. The molecule has 0 aromatic heterocycles. The van der Waals surface area contributed by atoms with E-state index in [9.17, 15) is 14.4 Å². The van der Waals surface area contributed by atoms with Gasteiger partial charge in [-0.2, -0.15) is 0 Å². The van der Waals surface area contributed by atoms with Crippen molar-refractivity contribution in [3.63, 3.8) is 0 Å². The number of amides is 2. The maximum Gasteiger partial charge on any atom is 0.246 e. The van der Waals surface area contributed by atoms with Crippen LogP contribution in [0.2, 0.25) is 0 Å². The molecular formula is C21H22N2O3. The number of carbonyl (C=O) groups excluding carboxylic acids is 3. The van der Waals surface area contributed by atoms with Crippen molar-refractivity contribution in [3.8, 4) is 0 Å². The molecule has 26 heavy (non-hydrogen) atoms. The van der Waals surface area contributed by atoms with Gasteiger partial charge in [-0.3, -0.25) is 14.4 Å². The SMILES string of the molecule is C=C(C)C(=O)NCCCC(=O)Nc1ccc(C(=O)c2ccccc2)cc1. The first kappa shape index (κ1) is 19.1. The number of hydrogen-bond acceptors (Lipinski definition) is 3. The van der Waals surface area contributed by atoms with Crippen molar-refractivity contribution in [1.29, 1.82) is 0 Å². The van der Waals surface area contributed by atoms with E-state index in [1.807, 2.05) is 18.2 Å². The Hall–Kier alpha value is -3.21. The minimum Gasteiger partial charge on any atom is -0.352 e. The van der Waals surface area contributed by atoms with Gasteiger partial charge in [0.2, 0.25) is 11.8 Å². The first-order valence-corrected chi connectivity index (χ1v) is 8.41. The molecule has 2 aromatic rings. The van der Waals surface area contributed by atoms with Gasteiger partial charge in [-0.1, -0.05) is 36.9 Å². The molecule has 0 saturated carbocycles. The summed E-state index contributed by atoms with van der Waals surface area (Å²) in [5, 5.41) is 5.46. The van der Waals surface area contributed by atoms with Crippen LogP contribution in [0.1, 0.15) is 35.7 Å². The molecule has 2 N–H and O–H groups in total. The molecule has 2 aromatic carbocycles. The molecule has 0 aliphatic heterocycles. The summed E-state index contributed by atoms with van der Waals surface area (Å²) in [6.45, 7) is 5.60. The number of hydrogen-bond donors (Lipinski definition) is 2. The van der Waals surface area contributed by atoms with E-state index >= 15 is 0 Å². The molecule has 134 valence electrons. The molecule has 2 amide bonds. The average Bonchev–Trinajstić information content (AvgIpc) is 2.65. The average molecular weight is 350 g/mol. The maximum absolute atomic E-state index is 12.3. The highest BCUT2D eigenvalue weighted by Gasteiger charge is 2.09. The number of nitrogens with one attached hydrogen (secondary N) is 2. The van der Waals surface area contributed by atoms with Gasteiger partial charge in [-0.25, -0.2) is 0 Å². The summed E-state index contributed by atoms with van der Waals surface area (Å²) < 4.78 is 0. The first-order valence-electron chi connectivity index (χ1n) is 8.41. The maximum atomic E-state index is 12.3. The van der Waals surface area contributed by atoms with E-state index < -0.39 is 0 Å². The topological polar surface area (TPSA) is 75.3 Å². The summed E-state index contributed by atoms with van der Waals surface area (Å²) >= 11 is 0. The van der Waals surface area contributed by atoms with Gasteiger partial charge >= 0.3 is 0 Å². The van der Waals surface area contributed by atoms with E-state index in [1.54, 1.807) is 43.3 Å². The molecule has 0 bridgehead atoms. The lowest BCUT2D eigenvalue weighted by molar-refractivity contribution is -0.118. The van der Waals surface area contributed by atoms with E-state index in [4.69, 9.17) is 0 Å². The van der Waals surface area contributed by atoms with Crippen molar-refractivity contribution >= 4 is 23.3 Å². The van der Waals surface area contributed by atoms with Crippen molar-refractivity contribution in [3.05, 3.63) is 77.9 Å². The molecule has 0 saturated heterocycles. The van der Waals surface area contributed by atoms with Crippen molar-refractivity contribution in [2.75, 3.05) is 11.9 Å². The fraction of sp³-hybridized carbons (Fsp3) is 0.190. The van der Waals surface area contributed by atoms with Crippen molar-refractivity contribution < 1.29 is 14.4 Å². The normalized spacial score (nSPS) is 10.0. The molecule has 5 nitrogen and oxygen atoms in total. The fourth-order valence-corrected chi connectivity index (χ4v) is 2.29. The molecule has 0 radical (unpaired) electrons. The predicted octanol–water partition coefficient (Wildman–Crippen LogP) is 3.33. The summed E-state index contributed by atoms with van der Waals surface area (Å²) in [6, 6.07) is 15.8. The zero-order valence-electron chi connectivity index (χ0n) is 14.7. The molecular weight excluding hydrogens is 328 g/mol. The number of rotatable bonds is 8. The molecule has 0 heterocycles. The summed E-state index contributed by atoms with van der Waals surface area (Å²) in [7, 11) is 0. The Labute approximate surface area is 153 Å². The van der Waals surface area contributed by atoms with Crippen LogP contribution < -0.4 is 10.6 Å². The Morgan fingerprint density at radius 3 is 2.15 bits per heavy atom. The monoisotopic (exact) mass is 350 g/mol. The zero-order valence-corrected chi connectivity index (χ0v) is 14.7. The van der Waals surface area contributed by atoms with Crippen LogP contribution in [0.3, 0.4) is 0 Å². The molecule has 0 unspecified atom stereocenters. The summed E-state index contributed by atoms with van der Waals surface area (Å²) in [5.74, 6) is -0.405. The van der Waals surface area contributed by atoms with E-state index in [2.05, 4.69) is 17.2 Å². The molecule has 2 rings (SSSR count). The second-order valence-electron chi connectivity index (χ2n) is 5.96. The van der Waals surface area contributed by atoms with Crippen molar-refractivity contribution in [1.82, 2.24) is 5.32 Å². The van der Waals surface area contributed by atoms with Gasteiger partial charge in [-0.15, -0.1) is 0 Å². The third-order valence-electron chi connectivity index (χ3n) is 3.72. The smallest absolute Gasteiger partial charge is 0.246 e. The van der Waals surface area contributed by atoms with Crippen molar-refractivity contribution in [2.24, 2.45) is 0 Å². The van der Waals surface area contributed by atoms with Crippen LogP contribution in [0.15, 0.2) is 66.7 Å². The third-order valence-corrected chi connectivity index (χ3v) is 3.72. The lowest BCUT2D eigenvalue weighted by Gasteiger charge is -2.07. The van der Waals surface area contributed by atoms with Crippen LogP contribution in [-0.2, 0) is 9.59 Å². The zero-order chi connectivity index (χ0) is 18.9. The van der Waals surface area contributed by atoms with Crippen LogP contribution in [-0.4, -0.2) is 24.1 Å². The van der Waals surface area contributed by atoms with Crippen LogP contribution in [0.25, 0.3) is 0 Å². The molecule has 0 spiro atoms. The number of anilines is 1. The van der Waals surface area contributed by atoms with Crippen LogP contribution in [0, 0.1) is 0 Å². The second kappa shape index (κ2) is 9.32. The van der Waals surface area contributed by atoms with E-state index in [0.717, 1.165) is 0 Å². The van der Waals surface area contributed by atoms with Gasteiger partial charge in [0.25, 0.3) is 0 Å². The Bertz CT molecular complexity index is 796. The van der Waals surface area contributed by atoms with Crippen LogP contribution >= 0.6 is 0 Å². The van der Waals surface area contributed by atoms with Gasteiger partial charge in [0.1, 0.15) is 0 Å². The first-order chi connectivity index (χ1) is 12.5. The molecule has 0 fully saturated rings. The lowest BCUT2D eigenvalue weighted by Crippen LogP contribution is -2.25. The van der Waals surface area contributed by atoms with Crippen molar-refractivity contribution in [2.45, 2.75) is 19.8 Å². The minimum atomic E-state index is -0.205. The largest absolute Gasteiger partial charge is 0.352 e. The van der Waals surface area contributed by atoms with Gasteiger partial charge in [0.15, 0.2) is 5.78 Å². The Kier molecular flexibility index (Phi) is 6.85. The lowest BCUT2D eigenvalue weighted by atomic mass is 10.0. The summed E-state index contributed by atoms with van der Waals surface area (Å²) in [4.78, 5) is 35.6. The van der Waals surface area contributed by atoms with Gasteiger partial charge in [-0.05, 0) is 37.6 Å². The highest BCUT2D eigenvalue weighted by Crippen LogP contribution is 2.14. The number of ketones is 1. The number of benzene rings is 2. The van der Waals surface area contributed by atoms with Gasteiger partial charge < -0.3 is 10.6 Å². The van der Waals surface area contributed by atoms with Gasteiger partial charge in [0.05, 0.1) is 0 Å². The molecule has 0 atom stereocenters. The summed E-state index contributed by atoms with van der Waals surface area (Å²) in [6.07, 6.45) is 0.830. The summed E-state index contributed by atoms with van der Waals surface area (Å²) in [5.41, 5.74) is 2.27. The fourth-order valence-electron chi connectivity index (χ4n) is 2.29. The third kappa shape index (κ3) is 5.70. The van der Waals surface area contributed by atoms with E-state index in [-0.39, 0.29) is 17.6 Å². The Morgan fingerprint density at radius 1 is 0.923 bits per heavy atom. The van der Waals surface area contributed by atoms with E-state index in [1.165, 1.54) is 0 Å². The van der Waals surface area contributed by atoms with Crippen LogP contribution in [0.5, 0.6) is 0 Å². The predicted molar refractivity (Wildman–Crippen MR) is 102 cm³/mol. The minimum absolute atomic E-state index is 0.0586. The van der Waals surface area contributed by atoms with Gasteiger partial charge in [0, 0.05) is 35.4 Å². The quantitative estimate of drug-likeness (QED) is 0.436. The molecule has 0 aliphatic carbocycles. The molecule has 5 heteroatoms. The van der Waals surface area contributed by atoms with E-state index in [0.29, 0.717) is 41.8 Å². The number of carbonyl (C=O) groups is 3. The highest BCUT2D eigenvalue weighted by atomic mass is 16.2. The Morgan fingerprint density at radius 2 is 1.54 bits per heavy atom. The second-order valence-corrected chi connectivity index (χ2v) is 5.96. The molecule has 0 aliphatic rings. The highest BCUT2D eigenvalue weighted by molar-refractivity contribution is 6.09.